The number of rotatable bonds is 6. The Hall–Kier alpha value is -2.44. The Labute approximate surface area is 145 Å². The molecule has 6 heteroatoms. The predicted molar refractivity (Wildman–Crippen MR) is 93.0 cm³/mol. The Bertz CT molecular complexity index is 859. The van der Waals surface area contributed by atoms with Crippen molar-refractivity contribution in [1.29, 1.82) is 0 Å². The standard InChI is InChI=1S/C19H20FN3O2/c20-21-12-14-5-1-2-6-18(14)24-15-7-8-16-17(22-25-19(16)11-15)13-23-9-3-4-10-23/h1-2,5-8,11,21H,3-4,9-10,12-13H2. The van der Waals surface area contributed by atoms with Crippen LogP contribution in [-0.2, 0) is 13.1 Å². The first-order chi connectivity index (χ1) is 12.3. The SMILES string of the molecule is FNCc1ccccc1Oc1ccc2c(CN3CCCC3)noc2c1. The summed E-state index contributed by atoms with van der Waals surface area (Å²) in [5.41, 5.74) is 4.08. The summed E-state index contributed by atoms with van der Waals surface area (Å²) in [4.78, 5) is 2.39. The van der Waals surface area contributed by atoms with Crippen molar-refractivity contribution < 1.29 is 13.7 Å². The number of hydrogen-bond donors (Lipinski definition) is 1. The van der Waals surface area contributed by atoms with Crippen molar-refractivity contribution in [2.45, 2.75) is 25.9 Å². The third-order valence-electron chi connectivity index (χ3n) is 4.55. The second-order valence-electron chi connectivity index (χ2n) is 6.29. The molecule has 0 radical (unpaired) electrons. The molecule has 25 heavy (non-hydrogen) atoms. The monoisotopic (exact) mass is 341 g/mol. The van der Waals surface area contributed by atoms with E-state index in [1.165, 1.54) is 12.8 Å². The average molecular weight is 341 g/mol. The zero-order chi connectivity index (χ0) is 17.1. The maximum absolute atomic E-state index is 12.4. The van der Waals surface area contributed by atoms with Gasteiger partial charge in [-0.25, -0.2) is 0 Å². The van der Waals surface area contributed by atoms with E-state index < -0.39 is 0 Å². The van der Waals surface area contributed by atoms with Gasteiger partial charge in [-0.15, -0.1) is 4.48 Å². The molecule has 0 bridgehead atoms. The molecular weight excluding hydrogens is 321 g/mol. The molecule has 2 heterocycles. The van der Waals surface area contributed by atoms with E-state index >= 15 is 0 Å². The van der Waals surface area contributed by atoms with Crippen molar-refractivity contribution in [2.24, 2.45) is 0 Å². The molecule has 1 saturated heterocycles. The van der Waals surface area contributed by atoms with Gasteiger partial charge in [0.25, 0.3) is 0 Å². The highest BCUT2D eigenvalue weighted by Crippen LogP contribution is 2.30. The Kier molecular flexibility index (Phi) is 4.63. The summed E-state index contributed by atoms with van der Waals surface area (Å²) in [6, 6.07) is 13.0. The average Bonchev–Trinajstić information content (AvgIpc) is 3.27. The van der Waals surface area contributed by atoms with Crippen molar-refractivity contribution in [3.8, 4) is 11.5 Å². The van der Waals surface area contributed by atoms with Crippen molar-refractivity contribution in [3.63, 3.8) is 0 Å². The molecule has 1 N–H and O–H groups in total. The largest absolute Gasteiger partial charge is 0.457 e. The minimum Gasteiger partial charge on any atom is -0.457 e. The Balaban J connectivity index is 1.55. The molecule has 1 fully saturated rings. The molecule has 0 atom stereocenters. The van der Waals surface area contributed by atoms with Crippen LogP contribution in [0, 0.1) is 0 Å². The van der Waals surface area contributed by atoms with Crippen LogP contribution in [0.3, 0.4) is 0 Å². The lowest BCUT2D eigenvalue weighted by molar-refractivity contribution is 0.317. The number of halogens is 1. The lowest BCUT2D eigenvalue weighted by Gasteiger charge is -2.12. The summed E-state index contributed by atoms with van der Waals surface area (Å²) < 4.78 is 23.8. The first-order valence-electron chi connectivity index (χ1n) is 8.53. The van der Waals surface area contributed by atoms with Crippen LogP contribution < -0.4 is 10.3 Å². The van der Waals surface area contributed by atoms with Crippen molar-refractivity contribution in [2.75, 3.05) is 13.1 Å². The summed E-state index contributed by atoms with van der Waals surface area (Å²) in [6.45, 7) is 3.16. The number of nitrogens with zero attached hydrogens (tertiary/aromatic N) is 2. The molecule has 4 rings (SSSR count). The summed E-state index contributed by atoms with van der Waals surface area (Å²) >= 11 is 0. The van der Waals surface area contributed by atoms with Crippen LogP contribution >= 0.6 is 0 Å². The number of benzene rings is 2. The second-order valence-corrected chi connectivity index (χ2v) is 6.29. The number of nitrogens with one attached hydrogen (secondary N) is 1. The normalized spacial score (nSPS) is 15.1. The Morgan fingerprint density at radius 2 is 2.00 bits per heavy atom. The molecule has 0 unspecified atom stereocenters. The molecule has 0 amide bonds. The van der Waals surface area contributed by atoms with Gasteiger partial charge in [-0.05, 0) is 44.1 Å². The van der Waals surface area contributed by atoms with Crippen LogP contribution in [0.1, 0.15) is 24.1 Å². The van der Waals surface area contributed by atoms with Crippen LogP contribution in [-0.4, -0.2) is 23.1 Å². The fourth-order valence-corrected chi connectivity index (χ4v) is 3.25. The van der Waals surface area contributed by atoms with Crippen LogP contribution in [0.25, 0.3) is 11.0 Å². The van der Waals surface area contributed by atoms with Gasteiger partial charge in [-0.3, -0.25) is 4.90 Å². The van der Waals surface area contributed by atoms with Crippen molar-refractivity contribution in [1.82, 2.24) is 15.6 Å². The van der Waals surface area contributed by atoms with E-state index in [0.717, 1.165) is 36.3 Å². The zero-order valence-electron chi connectivity index (χ0n) is 13.9. The van der Waals surface area contributed by atoms with E-state index in [9.17, 15) is 4.48 Å². The van der Waals surface area contributed by atoms with E-state index in [0.29, 0.717) is 17.1 Å². The topological polar surface area (TPSA) is 50.5 Å². The van der Waals surface area contributed by atoms with Gasteiger partial charge in [0.1, 0.15) is 17.2 Å². The van der Waals surface area contributed by atoms with Gasteiger partial charge >= 0.3 is 0 Å². The van der Waals surface area contributed by atoms with Crippen LogP contribution in [0.4, 0.5) is 4.48 Å². The highest BCUT2D eigenvalue weighted by molar-refractivity contribution is 5.80. The third-order valence-corrected chi connectivity index (χ3v) is 4.55. The maximum atomic E-state index is 12.4. The predicted octanol–water partition coefficient (Wildman–Crippen LogP) is 4.19. The van der Waals surface area contributed by atoms with Gasteiger partial charge in [0.15, 0.2) is 5.58 Å². The zero-order valence-corrected chi connectivity index (χ0v) is 13.9. The number of para-hydroxylation sites is 1. The summed E-state index contributed by atoms with van der Waals surface area (Å²) in [6.07, 6.45) is 2.50. The van der Waals surface area contributed by atoms with E-state index in [-0.39, 0.29) is 6.54 Å². The van der Waals surface area contributed by atoms with E-state index in [4.69, 9.17) is 9.26 Å². The van der Waals surface area contributed by atoms with Crippen LogP contribution in [0.15, 0.2) is 47.0 Å². The van der Waals surface area contributed by atoms with Gasteiger partial charge in [0.05, 0.1) is 6.54 Å². The molecule has 3 aromatic rings. The molecule has 0 saturated carbocycles. The lowest BCUT2D eigenvalue weighted by Crippen LogP contribution is -2.18. The Morgan fingerprint density at radius 3 is 2.84 bits per heavy atom. The number of aromatic nitrogens is 1. The molecule has 1 aliphatic rings. The molecule has 5 nitrogen and oxygen atoms in total. The van der Waals surface area contributed by atoms with Gasteiger partial charge in [0.2, 0.25) is 0 Å². The molecule has 130 valence electrons. The first kappa shape index (κ1) is 16.1. The van der Waals surface area contributed by atoms with Crippen LogP contribution in [0.2, 0.25) is 0 Å². The Morgan fingerprint density at radius 1 is 1.16 bits per heavy atom. The maximum Gasteiger partial charge on any atom is 0.170 e. The van der Waals surface area contributed by atoms with Crippen molar-refractivity contribution in [3.05, 3.63) is 53.7 Å². The van der Waals surface area contributed by atoms with Gasteiger partial charge in [0, 0.05) is 23.6 Å². The van der Waals surface area contributed by atoms with E-state index in [2.05, 4.69) is 10.1 Å². The van der Waals surface area contributed by atoms with E-state index in [1.54, 1.807) is 5.54 Å². The number of likely N-dealkylation sites (tertiary alicyclic amines) is 1. The first-order valence-corrected chi connectivity index (χ1v) is 8.53. The molecule has 0 aliphatic carbocycles. The van der Waals surface area contributed by atoms with Gasteiger partial charge in [-0.2, -0.15) is 5.54 Å². The second kappa shape index (κ2) is 7.21. The fraction of sp³-hybridized carbons (Fsp3) is 0.316. The number of hydrogen-bond acceptors (Lipinski definition) is 5. The highest BCUT2D eigenvalue weighted by atomic mass is 19.2. The van der Waals surface area contributed by atoms with E-state index in [1.807, 2.05) is 42.5 Å². The van der Waals surface area contributed by atoms with Crippen molar-refractivity contribution >= 4 is 11.0 Å². The number of ether oxygens (including phenoxy) is 1. The molecule has 0 spiro atoms. The quantitative estimate of drug-likeness (QED) is 0.681. The minimum atomic E-state index is 0.0979. The molecule has 1 aromatic heterocycles. The third kappa shape index (κ3) is 3.50. The highest BCUT2D eigenvalue weighted by Gasteiger charge is 2.16. The minimum absolute atomic E-state index is 0.0979. The summed E-state index contributed by atoms with van der Waals surface area (Å²) in [7, 11) is 0. The molecule has 1 aliphatic heterocycles. The molecular formula is C19H20FN3O2. The summed E-state index contributed by atoms with van der Waals surface area (Å²) in [5, 5.41) is 5.23. The van der Waals surface area contributed by atoms with Gasteiger partial charge in [-0.1, -0.05) is 23.4 Å². The lowest BCUT2D eigenvalue weighted by atomic mass is 10.2. The van der Waals surface area contributed by atoms with Gasteiger partial charge < -0.3 is 9.26 Å². The summed E-state index contributed by atoms with van der Waals surface area (Å²) in [5.74, 6) is 1.26. The fourth-order valence-electron chi connectivity index (χ4n) is 3.25. The number of fused-ring (bicyclic) bond motifs is 1. The smallest absolute Gasteiger partial charge is 0.170 e. The molecule has 2 aromatic carbocycles. The van der Waals surface area contributed by atoms with Crippen LogP contribution in [0.5, 0.6) is 11.5 Å².